The van der Waals surface area contributed by atoms with Gasteiger partial charge in [0, 0.05) is 10.0 Å². The zero-order chi connectivity index (χ0) is 20.4. The number of halogens is 2. The van der Waals surface area contributed by atoms with E-state index in [4.69, 9.17) is 44.9 Å². The van der Waals surface area contributed by atoms with Crippen LogP contribution in [0.2, 0.25) is 10.0 Å². The van der Waals surface area contributed by atoms with Gasteiger partial charge in [0.15, 0.2) is 16.6 Å². The van der Waals surface area contributed by atoms with Crippen LogP contribution in [0.25, 0.3) is 6.08 Å². The van der Waals surface area contributed by atoms with Gasteiger partial charge < -0.3 is 9.47 Å². The maximum Gasteiger partial charge on any atom is 0.270 e. The lowest BCUT2D eigenvalue weighted by Crippen LogP contribution is -2.54. The molecule has 6 nitrogen and oxygen atoms in total. The van der Waals surface area contributed by atoms with Crippen molar-refractivity contribution in [3.8, 4) is 11.5 Å². The Morgan fingerprint density at radius 1 is 1.00 bits per heavy atom. The number of carbonyl (C=O) groups is 2. The normalized spacial score (nSPS) is 15.6. The molecule has 0 unspecified atom stereocenters. The largest absolute Gasteiger partial charge is 0.493 e. The molecule has 1 aliphatic rings. The Morgan fingerprint density at radius 2 is 1.64 bits per heavy atom. The fourth-order valence-electron chi connectivity index (χ4n) is 2.67. The molecule has 1 heterocycles. The SMILES string of the molecule is COc1ccc(C=C2C(=O)NC(=S)N(c3cc(Cl)cc(Cl)c3)C2=O)cc1OC. The fraction of sp³-hybridized carbons (Fsp3) is 0.105. The van der Waals surface area contributed by atoms with Gasteiger partial charge in [-0.15, -0.1) is 0 Å². The number of thiocarbonyl (C=S) groups is 1. The van der Waals surface area contributed by atoms with Crippen molar-refractivity contribution in [2.24, 2.45) is 0 Å². The first-order valence-corrected chi connectivity index (χ1v) is 9.10. The molecule has 144 valence electrons. The van der Waals surface area contributed by atoms with Crippen LogP contribution in [0.5, 0.6) is 11.5 Å². The van der Waals surface area contributed by atoms with Crippen molar-refractivity contribution >= 4 is 64.1 Å². The Balaban J connectivity index is 2.03. The van der Waals surface area contributed by atoms with E-state index in [0.717, 1.165) is 0 Å². The first-order valence-electron chi connectivity index (χ1n) is 7.93. The third-order valence-corrected chi connectivity index (χ3v) is 4.65. The van der Waals surface area contributed by atoms with E-state index >= 15 is 0 Å². The van der Waals surface area contributed by atoms with Crippen LogP contribution in [0, 0.1) is 0 Å². The van der Waals surface area contributed by atoms with Crippen molar-refractivity contribution in [1.29, 1.82) is 0 Å². The molecule has 0 spiro atoms. The molecule has 3 rings (SSSR count). The lowest BCUT2D eigenvalue weighted by atomic mass is 10.1. The molecule has 0 atom stereocenters. The van der Waals surface area contributed by atoms with Gasteiger partial charge in [-0.2, -0.15) is 0 Å². The van der Waals surface area contributed by atoms with Gasteiger partial charge in [-0.25, -0.2) is 0 Å². The molecule has 0 saturated carbocycles. The molecule has 0 radical (unpaired) electrons. The van der Waals surface area contributed by atoms with Gasteiger partial charge in [0.2, 0.25) is 0 Å². The second kappa shape index (κ2) is 8.18. The van der Waals surface area contributed by atoms with Gasteiger partial charge in [-0.1, -0.05) is 29.3 Å². The Kier molecular flexibility index (Phi) is 5.88. The quantitative estimate of drug-likeness (QED) is 0.447. The predicted molar refractivity (Wildman–Crippen MR) is 112 cm³/mol. The van der Waals surface area contributed by atoms with Crippen molar-refractivity contribution in [2.45, 2.75) is 0 Å². The summed E-state index contributed by atoms with van der Waals surface area (Å²) in [4.78, 5) is 26.6. The lowest BCUT2D eigenvalue weighted by Gasteiger charge is -2.29. The number of benzene rings is 2. The summed E-state index contributed by atoms with van der Waals surface area (Å²) in [6.07, 6.45) is 1.44. The fourth-order valence-corrected chi connectivity index (χ4v) is 3.47. The van der Waals surface area contributed by atoms with Gasteiger partial charge in [-0.05, 0) is 54.2 Å². The highest BCUT2D eigenvalue weighted by molar-refractivity contribution is 7.80. The number of carbonyl (C=O) groups excluding carboxylic acids is 2. The highest BCUT2D eigenvalue weighted by atomic mass is 35.5. The zero-order valence-electron chi connectivity index (χ0n) is 14.8. The molecule has 0 aliphatic carbocycles. The summed E-state index contributed by atoms with van der Waals surface area (Å²) in [5, 5.41) is 3.12. The third kappa shape index (κ3) is 3.96. The highest BCUT2D eigenvalue weighted by Gasteiger charge is 2.34. The average Bonchev–Trinajstić information content (AvgIpc) is 2.64. The lowest BCUT2D eigenvalue weighted by molar-refractivity contribution is -0.122. The number of hydrogen-bond donors (Lipinski definition) is 1. The standard InChI is InChI=1S/C19H14Cl2N2O4S/c1-26-15-4-3-10(6-16(15)27-2)5-14-17(24)22-19(28)23(18(14)25)13-8-11(20)7-12(21)9-13/h3-9H,1-2H3,(H,22,24,28). The second-order valence-corrected chi connectivity index (χ2v) is 6.96. The van der Waals surface area contributed by atoms with Gasteiger partial charge >= 0.3 is 0 Å². The van der Waals surface area contributed by atoms with Crippen molar-refractivity contribution in [3.63, 3.8) is 0 Å². The van der Waals surface area contributed by atoms with Crippen LogP contribution in [-0.4, -0.2) is 31.1 Å². The van der Waals surface area contributed by atoms with Crippen LogP contribution in [0.15, 0.2) is 42.0 Å². The number of ether oxygens (including phenoxy) is 2. The Bertz CT molecular complexity index is 1000. The molecular weight excluding hydrogens is 423 g/mol. The van der Waals surface area contributed by atoms with Crippen LogP contribution in [0.4, 0.5) is 5.69 Å². The van der Waals surface area contributed by atoms with Crippen LogP contribution >= 0.6 is 35.4 Å². The van der Waals surface area contributed by atoms with Crippen LogP contribution in [0.1, 0.15) is 5.56 Å². The second-order valence-electron chi connectivity index (χ2n) is 5.70. The minimum Gasteiger partial charge on any atom is -0.493 e. The molecule has 0 bridgehead atoms. The minimum atomic E-state index is -0.603. The van der Waals surface area contributed by atoms with Crippen molar-refractivity contribution in [1.82, 2.24) is 5.32 Å². The van der Waals surface area contributed by atoms with Gasteiger partial charge in [0.25, 0.3) is 11.8 Å². The Morgan fingerprint density at radius 3 is 2.25 bits per heavy atom. The number of rotatable bonds is 4. The Hall–Kier alpha value is -2.61. The zero-order valence-corrected chi connectivity index (χ0v) is 17.1. The third-order valence-electron chi connectivity index (χ3n) is 3.93. The summed E-state index contributed by atoms with van der Waals surface area (Å²) in [6.45, 7) is 0. The van der Waals surface area contributed by atoms with Crippen molar-refractivity contribution in [3.05, 3.63) is 57.6 Å². The van der Waals surface area contributed by atoms with Crippen molar-refractivity contribution in [2.75, 3.05) is 19.1 Å². The summed E-state index contributed by atoms with van der Waals surface area (Å²) in [6, 6.07) is 9.62. The van der Waals surface area contributed by atoms with Crippen molar-refractivity contribution < 1.29 is 19.1 Å². The van der Waals surface area contributed by atoms with E-state index in [9.17, 15) is 9.59 Å². The molecule has 1 saturated heterocycles. The molecule has 2 aromatic carbocycles. The minimum absolute atomic E-state index is 0.0576. The molecule has 1 N–H and O–H groups in total. The number of nitrogens with one attached hydrogen (secondary N) is 1. The first-order chi connectivity index (χ1) is 13.3. The monoisotopic (exact) mass is 436 g/mol. The molecule has 2 aromatic rings. The summed E-state index contributed by atoms with van der Waals surface area (Å²) in [5.41, 5.74) is 0.829. The number of hydrogen-bond acceptors (Lipinski definition) is 5. The predicted octanol–water partition coefficient (Wildman–Crippen LogP) is 3.84. The molecule has 0 aromatic heterocycles. The molecule has 1 aliphatic heterocycles. The highest BCUT2D eigenvalue weighted by Crippen LogP contribution is 2.31. The van der Waals surface area contributed by atoms with E-state index in [0.29, 0.717) is 32.8 Å². The van der Waals surface area contributed by atoms with E-state index in [1.165, 1.54) is 43.4 Å². The smallest absolute Gasteiger partial charge is 0.270 e. The summed E-state index contributed by atoms with van der Waals surface area (Å²) in [5.74, 6) is -0.203. The van der Waals surface area contributed by atoms with E-state index < -0.39 is 11.8 Å². The number of anilines is 1. The molecule has 2 amide bonds. The molecule has 1 fully saturated rings. The maximum atomic E-state index is 13.0. The first kappa shape index (κ1) is 20.1. The van der Waals surface area contributed by atoms with Gasteiger partial charge in [0.1, 0.15) is 5.57 Å². The Labute approximate surface area is 176 Å². The molecule has 28 heavy (non-hydrogen) atoms. The number of nitrogens with zero attached hydrogens (tertiary/aromatic N) is 1. The average molecular weight is 437 g/mol. The maximum absolute atomic E-state index is 13.0. The summed E-state index contributed by atoms with van der Waals surface area (Å²) in [7, 11) is 3.01. The van der Waals surface area contributed by atoms with Gasteiger partial charge in [-0.3, -0.25) is 19.8 Å². The van der Waals surface area contributed by atoms with Crippen LogP contribution in [0.3, 0.4) is 0 Å². The van der Waals surface area contributed by atoms with Gasteiger partial charge in [0.05, 0.1) is 19.9 Å². The van der Waals surface area contributed by atoms with E-state index in [1.807, 2.05) is 0 Å². The summed E-state index contributed by atoms with van der Waals surface area (Å²) < 4.78 is 10.4. The van der Waals surface area contributed by atoms with E-state index in [2.05, 4.69) is 5.32 Å². The van der Waals surface area contributed by atoms with Crippen LogP contribution < -0.4 is 19.7 Å². The van der Waals surface area contributed by atoms with Crippen LogP contribution in [-0.2, 0) is 9.59 Å². The molecule has 9 heteroatoms. The number of amides is 2. The summed E-state index contributed by atoms with van der Waals surface area (Å²) >= 11 is 17.2. The molecular formula is C19H14Cl2N2O4S. The van der Waals surface area contributed by atoms with E-state index in [-0.39, 0.29) is 10.7 Å². The van der Waals surface area contributed by atoms with E-state index in [1.54, 1.807) is 18.2 Å². The topological polar surface area (TPSA) is 67.9 Å². The number of methoxy groups -OCH3 is 2.